The molecule has 0 saturated carbocycles. The molecule has 88 valence electrons. The van der Waals surface area contributed by atoms with Crippen LogP contribution in [0, 0.1) is 0 Å². The van der Waals surface area contributed by atoms with E-state index in [-0.39, 0.29) is 0 Å². The predicted octanol–water partition coefficient (Wildman–Crippen LogP) is 0.311. The minimum absolute atomic E-state index is 0.361. The monoisotopic (exact) mass is 241 g/mol. The van der Waals surface area contributed by atoms with Crippen molar-refractivity contribution in [1.29, 1.82) is 0 Å². The van der Waals surface area contributed by atoms with Crippen molar-refractivity contribution in [2.45, 2.75) is 5.44 Å². The second kappa shape index (κ2) is 4.82. The Balaban J connectivity index is 2.09. The van der Waals surface area contributed by atoms with E-state index in [1.807, 2.05) is 17.0 Å². The van der Waals surface area contributed by atoms with Crippen molar-refractivity contribution in [3.8, 4) is 0 Å². The summed E-state index contributed by atoms with van der Waals surface area (Å²) in [4.78, 5) is 1.98. The van der Waals surface area contributed by atoms with Crippen LogP contribution in [0.15, 0.2) is 24.3 Å². The van der Waals surface area contributed by atoms with Gasteiger partial charge in [0.1, 0.15) is 5.44 Å². The fourth-order valence-electron chi connectivity index (χ4n) is 1.65. The zero-order chi connectivity index (χ0) is 11.5. The molecule has 16 heavy (non-hydrogen) atoms. The number of nitrogens with zero attached hydrogens (tertiary/aromatic N) is 1. The second-order valence-electron chi connectivity index (χ2n) is 3.60. The molecule has 0 spiro atoms. The van der Waals surface area contributed by atoms with E-state index in [0.717, 1.165) is 5.69 Å². The van der Waals surface area contributed by atoms with E-state index in [9.17, 15) is 8.76 Å². The molecule has 1 aromatic carbocycles. The molecule has 2 N–H and O–H groups in total. The highest BCUT2D eigenvalue weighted by Gasteiger charge is 2.21. The number of anilines is 2. The summed E-state index contributed by atoms with van der Waals surface area (Å²) in [6.45, 7) is 1.47. The Morgan fingerprint density at radius 1 is 1.44 bits per heavy atom. The van der Waals surface area contributed by atoms with Crippen LogP contribution in [0.3, 0.4) is 0 Å². The van der Waals surface area contributed by atoms with Crippen LogP contribution in [0.2, 0.25) is 0 Å². The van der Waals surface area contributed by atoms with Gasteiger partial charge in [-0.2, -0.15) is 0 Å². The zero-order valence-electron chi connectivity index (χ0n) is 8.67. The van der Waals surface area contributed by atoms with E-state index in [1.54, 1.807) is 12.1 Å². The lowest BCUT2D eigenvalue weighted by atomic mass is 10.2. The summed E-state index contributed by atoms with van der Waals surface area (Å²) in [6.07, 6.45) is 0. The molecule has 0 amide bonds. The third-order valence-corrected chi connectivity index (χ3v) is 3.22. The van der Waals surface area contributed by atoms with Crippen molar-refractivity contribution in [1.82, 2.24) is 0 Å². The second-order valence-corrected chi connectivity index (χ2v) is 4.65. The molecule has 1 heterocycles. The van der Waals surface area contributed by atoms with Crippen LogP contribution in [-0.4, -0.2) is 33.9 Å². The smallest absolute Gasteiger partial charge is 0.136 e. The maximum atomic E-state index is 10.8. The standard InChI is InChI=1S/C10H14N2O3S/c11-8-1-3-9(4-2-8)12-5-6-15-10(7-12)16(13)14/h1-4,10H,5-7,11H2,(H,13,14)/p-1. The van der Waals surface area contributed by atoms with Crippen LogP contribution < -0.4 is 10.6 Å². The van der Waals surface area contributed by atoms with E-state index in [2.05, 4.69) is 0 Å². The summed E-state index contributed by atoms with van der Waals surface area (Å²) in [6, 6.07) is 7.36. The summed E-state index contributed by atoms with van der Waals surface area (Å²) < 4.78 is 26.8. The number of hydrogen-bond donors (Lipinski definition) is 1. The maximum Gasteiger partial charge on any atom is 0.136 e. The topological polar surface area (TPSA) is 78.6 Å². The van der Waals surface area contributed by atoms with Crippen LogP contribution in [-0.2, 0) is 15.8 Å². The van der Waals surface area contributed by atoms with Crippen molar-refractivity contribution in [3.63, 3.8) is 0 Å². The SMILES string of the molecule is Nc1ccc(N2CCOC(S(=O)[O-])C2)cc1. The van der Waals surface area contributed by atoms with Crippen LogP contribution in [0.1, 0.15) is 0 Å². The van der Waals surface area contributed by atoms with Gasteiger partial charge in [-0.25, -0.2) is 0 Å². The molecule has 0 bridgehead atoms. The van der Waals surface area contributed by atoms with E-state index in [1.165, 1.54) is 0 Å². The van der Waals surface area contributed by atoms with Crippen LogP contribution >= 0.6 is 0 Å². The van der Waals surface area contributed by atoms with Gasteiger partial charge in [0, 0.05) is 17.9 Å². The number of morpholine rings is 1. The molecule has 5 nitrogen and oxygen atoms in total. The Morgan fingerprint density at radius 2 is 2.12 bits per heavy atom. The highest BCUT2D eigenvalue weighted by Crippen LogP contribution is 2.19. The summed E-state index contributed by atoms with van der Waals surface area (Å²) >= 11 is -2.19. The lowest BCUT2D eigenvalue weighted by molar-refractivity contribution is 0.0897. The molecule has 2 rings (SSSR count). The molecule has 1 aromatic rings. The van der Waals surface area contributed by atoms with Gasteiger partial charge in [0.15, 0.2) is 0 Å². The van der Waals surface area contributed by atoms with Gasteiger partial charge < -0.3 is 19.9 Å². The van der Waals surface area contributed by atoms with Crippen LogP contribution in [0.4, 0.5) is 11.4 Å². The molecule has 1 aliphatic heterocycles. The average molecular weight is 241 g/mol. The van der Waals surface area contributed by atoms with E-state index in [0.29, 0.717) is 25.4 Å². The van der Waals surface area contributed by atoms with Gasteiger partial charge in [-0.15, -0.1) is 0 Å². The fourth-order valence-corrected chi connectivity index (χ4v) is 2.16. The van der Waals surface area contributed by atoms with Gasteiger partial charge in [-0.3, -0.25) is 4.21 Å². The number of benzene rings is 1. The van der Waals surface area contributed by atoms with Gasteiger partial charge in [-0.1, -0.05) is 0 Å². The van der Waals surface area contributed by atoms with Crippen molar-refractivity contribution in [2.24, 2.45) is 0 Å². The molecule has 6 heteroatoms. The molecule has 1 saturated heterocycles. The Kier molecular flexibility index (Phi) is 3.42. The number of rotatable bonds is 2. The first kappa shape index (κ1) is 11.4. The summed E-state index contributed by atoms with van der Waals surface area (Å²) in [7, 11) is 0. The van der Waals surface area contributed by atoms with Gasteiger partial charge in [0.25, 0.3) is 0 Å². The summed E-state index contributed by atoms with van der Waals surface area (Å²) in [5.74, 6) is 0. The Morgan fingerprint density at radius 3 is 2.75 bits per heavy atom. The predicted molar refractivity (Wildman–Crippen MR) is 61.7 cm³/mol. The number of nitrogens with two attached hydrogens (primary N) is 1. The molecule has 0 aromatic heterocycles. The first-order valence-electron chi connectivity index (χ1n) is 4.97. The van der Waals surface area contributed by atoms with Crippen molar-refractivity contribution >= 4 is 22.5 Å². The zero-order valence-corrected chi connectivity index (χ0v) is 9.48. The minimum Gasteiger partial charge on any atom is -0.770 e. The molecular formula is C10H13N2O3S-. The van der Waals surface area contributed by atoms with Crippen LogP contribution in [0.25, 0.3) is 0 Å². The highest BCUT2D eigenvalue weighted by atomic mass is 32.2. The first-order chi connectivity index (χ1) is 7.66. The lowest BCUT2D eigenvalue weighted by Crippen LogP contribution is -2.44. The van der Waals surface area contributed by atoms with Crippen LogP contribution in [0.5, 0.6) is 0 Å². The molecule has 1 aliphatic rings. The Hall–Kier alpha value is -1.11. The Bertz CT molecular complexity index is 382. The largest absolute Gasteiger partial charge is 0.770 e. The Labute approximate surface area is 96.5 Å². The minimum atomic E-state index is -2.19. The molecule has 0 radical (unpaired) electrons. The number of hydrogen-bond acceptors (Lipinski definition) is 5. The summed E-state index contributed by atoms with van der Waals surface area (Å²) in [5, 5.41) is 0. The fraction of sp³-hybridized carbons (Fsp3) is 0.400. The van der Waals surface area contributed by atoms with Gasteiger partial charge >= 0.3 is 0 Å². The molecular weight excluding hydrogens is 228 g/mol. The molecule has 0 aliphatic carbocycles. The maximum absolute atomic E-state index is 10.8. The third-order valence-electron chi connectivity index (χ3n) is 2.51. The molecule has 2 unspecified atom stereocenters. The third kappa shape index (κ3) is 2.52. The molecule has 1 fully saturated rings. The molecule has 2 atom stereocenters. The highest BCUT2D eigenvalue weighted by molar-refractivity contribution is 7.79. The van der Waals surface area contributed by atoms with E-state index >= 15 is 0 Å². The first-order valence-corrected chi connectivity index (χ1v) is 6.11. The normalized spacial score (nSPS) is 23.1. The van der Waals surface area contributed by atoms with Gasteiger partial charge in [-0.05, 0) is 35.3 Å². The van der Waals surface area contributed by atoms with Gasteiger partial charge in [0.2, 0.25) is 0 Å². The van der Waals surface area contributed by atoms with Crippen molar-refractivity contribution in [3.05, 3.63) is 24.3 Å². The average Bonchev–Trinajstić information content (AvgIpc) is 2.30. The lowest BCUT2D eigenvalue weighted by Gasteiger charge is -2.35. The number of nitrogen functional groups attached to an aromatic ring is 1. The van der Waals surface area contributed by atoms with Crippen molar-refractivity contribution in [2.75, 3.05) is 30.3 Å². The van der Waals surface area contributed by atoms with E-state index in [4.69, 9.17) is 10.5 Å². The van der Waals surface area contributed by atoms with Gasteiger partial charge in [0.05, 0.1) is 13.2 Å². The van der Waals surface area contributed by atoms with Crippen molar-refractivity contribution < 1.29 is 13.5 Å². The quantitative estimate of drug-likeness (QED) is 0.595. The van der Waals surface area contributed by atoms with E-state index < -0.39 is 16.5 Å². The summed E-state index contributed by atoms with van der Waals surface area (Å²) in [5.41, 5.74) is 6.51. The number of ether oxygens (including phenoxy) is 1.